The minimum atomic E-state index is 0. The number of guanidine groups is 1. The van der Waals surface area contributed by atoms with Gasteiger partial charge in [-0.25, -0.2) is 4.98 Å². The van der Waals surface area contributed by atoms with Crippen molar-refractivity contribution in [3.05, 3.63) is 15.6 Å². The van der Waals surface area contributed by atoms with Crippen molar-refractivity contribution < 1.29 is 0 Å². The average molecular weight is 462 g/mol. The molecule has 2 aliphatic carbocycles. The van der Waals surface area contributed by atoms with E-state index in [1.165, 1.54) is 68.5 Å². The smallest absolute Gasteiger partial charge is 0.191 e. The molecule has 136 valence electrons. The van der Waals surface area contributed by atoms with Gasteiger partial charge in [-0.2, -0.15) is 0 Å². The van der Waals surface area contributed by atoms with Crippen LogP contribution in [0.1, 0.15) is 66.9 Å². The van der Waals surface area contributed by atoms with Gasteiger partial charge in [0.05, 0.1) is 10.7 Å². The minimum absolute atomic E-state index is 0. The van der Waals surface area contributed by atoms with E-state index in [1.807, 2.05) is 18.4 Å². The summed E-state index contributed by atoms with van der Waals surface area (Å²) < 4.78 is 0. The Morgan fingerprint density at radius 3 is 2.71 bits per heavy atom. The lowest BCUT2D eigenvalue weighted by Crippen LogP contribution is -2.44. The minimum Gasteiger partial charge on any atom is -0.356 e. The highest BCUT2D eigenvalue weighted by atomic mass is 127. The van der Waals surface area contributed by atoms with E-state index in [9.17, 15) is 0 Å². The largest absolute Gasteiger partial charge is 0.356 e. The molecule has 0 aliphatic heterocycles. The lowest BCUT2D eigenvalue weighted by molar-refractivity contribution is 0.410. The second-order valence-electron chi connectivity index (χ2n) is 6.77. The number of rotatable bonds is 5. The van der Waals surface area contributed by atoms with Crippen molar-refractivity contribution in [1.82, 2.24) is 15.6 Å². The first-order valence-corrected chi connectivity index (χ1v) is 10.1. The SMILES string of the molecule is CN=C(NCCCc1nc2c(s1)CCCC2)NC1CCCCC1.I. The van der Waals surface area contributed by atoms with E-state index in [1.54, 1.807) is 4.88 Å². The first kappa shape index (κ1) is 19.9. The molecule has 0 bridgehead atoms. The molecule has 0 aromatic carbocycles. The normalized spacial score (nSPS) is 18.6. The molecular formula is C18H31IN4S. The molecule has 0 unspecified atom stereocenters. The molecule has 1 fully saturated rings. The van der Waals surface area contributed by atoms with E-state index in [2.05, 4.69) is 15.6 Å². The summed E-state index contributed by atoms with van der Waals surface area (Å²) in [5.41, 5.74) is 1.39. The lowest BCUT2D eigenvalue weighted by atomic mass is 9.96. The quantitative estimate of drug-likeness (QED) is 0.300. The van der Waals surface area contributed by atoms with Crippen LogP contribution in [-0.2, 0) is 19.3 Å². The van der Waals surface area contributed by atoms with Gasteiger partial charge < -0.3 is 10.6 Å². The Morgan fingerprint density at radius 1 is 1.17 bits per heavy atom. The summed E-state index contributed by atoms with van der Waals surface area (Å²) in [5, 5.41) is 8.36. The predicted octanol–water partition coefficient (Wildman–Crippen LogP) is 4.07. The van der Waals surface area contributed by atoms with Crippen molar-refractivity contribution >= 4 is 41.3 Å². The van der Waals surface area contributed by atoms with Gasteiger partial charge in [0, 0.05) is 30.9 Å². The molecule has 1 heterocycles. The fraction of sp³-hybridized carbons (Fsp3) is 0.778. The molecule has 0 radical (unpaired) electrons. The van der Waals surface area contributed by atoms with Crippen molar-refractivity contribution in [2.24, 2.45) is 4.99 Å². The molecule has 24 heavy (non-hydrogen) atoms. The molecule has 1 aromatic rings. The highest BCUT2D eigenvalue weighted by Crippen LogP contribution is 2.27. The van der Waals surface area contributed by atoms with Gasteiger partial charge in [-0.05, 0) is 44.9 Å². The summed E-state index contributed by atoms with van der Waals surface area (Å²) in [6.07, 6.45) is 14.0. The summed E-state index contributed by atoms with van der Waals surface area (Å²) in [6, 6.07) is 0.612. The van der Waals surface area contributed by atoms with Crippen LogP contribution in [0.2, 0.25) is 0 Å². The fourth-order valence-corrected chi connectivity index (χ4v) is 4.79. The Labute approximate surface area is 167 Å². The zero-order valence-electron chi connectivity index (χ0n) is 14.8. The van der Waals surface area contributed by atoms with E-state index >= 15 is 0 Å². The van der Waals surface area contributed by atoms with Gasteiger partial charge in [0.15, 0.2) is 5.96 Å². The fourth-order valence-electron chi connectivity index (χ4n) is 3.59. The molecule has 1 saturated carbocycles. The van der Waals surface area contributed by atoms with Crippen LogP contribution in [0.3, 0.4) is 0 Å². The highest BCUT2D eigenvalue weighted by molar-refractivity contribution is 14.0. The number of nitrogens with zero attached hydrogens (tertiary/aromatic N) is 2. The predicted molar refractivity (Wildman–Crippen MR) is 114 cm³/mol. The first-order chi connectivity index (χ1) is 11.3. The second kappa shape index (κ2) is 10.6. The van der Waals surface area contributed by atoms with E-state index < -0.39 is 0 Å². The lowest BCUT2D eigenvalue weighted by Gasteiger charge is -2.24. The number of halogens is 1. The number of fused-ring (bicyclic) bond motifs is 1. The topological polar surface area (TPSA) is 49.3 Å². The van der Waals surface area contributed by atoms with Gasteiger partial charge in [0.1, 0.15) is 0 Å². The maximum absolute atomic E-state index is 4.83. The number of aromatic nitrogens is 1. The van der Waals surface area contributed by atoms with Gasteiger partial charge in [-0.1, -0.05) is 19.3 Å². The Balaban J connectivity index is 0.00000208. The van der Waals surface area contributed by atoms with E-state index in [0.717, 1.165) is 25.3 Å². The van der Waals surface area contributed by atoms with Crippen LogP contribution in [0.4, 0.5) is 0 Å². The molecule has 0 amide bonds. The maximum Gasteiger partial charge on any atom is 0.191 e. The third kappa shape index (κ3) is 5.86. The average Bonchev–Trinajstić information content (AvgIpc) is 3.01. The Hall–Kier alpha value is -0.370. The number of aliphatic imine (C=N–C) groups is 1. The Kier molecular flexibility index (Phi) is 8.80. The summed E-state index contributed by atoms with van der Waals surface area (Å²) in [6.45, 7) is 0.969. The van der Waals surface area contributed by atoms with E-state index in [4.69, 9.17) is 4.98 Å². The molecule has 3 rings (SSSR count). The zero-order chi connectivity index (χ0) is 15.9. The van der Waals surface area contributed by atoms with Gasteiger partial charge >= 0.3 is 0 Å². The summed E-state index contributed by atoms with van der Waals surface area (Å²) in [7, 11) is 1.87. The third-order valence-electron chi connectivity index (χ3n) is 4.92. The molecule has 2 N–H and O–H groups in total. The molecule has 6 heteroatoms. The van der Waals surface area contributed by atoms with Crippen molar-refractivity contribution in [3.63, 3.8) is 0 Å². The Bertz CT molecular complexity index is 500. The molecule has 4 nitrogen and oxygen atoms in total. The molecule has 0 saturated heterocycles. The molecule has 0 atom stereocenters. The van der Waals surface area contributed by atoms with Gasteiger partial charge in [-0.3, -0.25) is 4.99 Å². The van der Waals surface area contributed by atoms with Crippen LogP contribution >= 0.6 is 35.3 Å². The molecule has 2 aliphatic rings. The van der Waals surface area contributed by atoms with Gasteiger partial charge in [0.25, 0.3) is 0 Å². The van der Waals surface area contributed by atoms with Crippen LogP contribution in [0, 0.1) is 0 Å². The van der Waals surface area contributed by atoms with Crippen molar-refractivity contribution in [2.75, 3.05) is 13.6 Å². The van der Waals surface area contributed by atoms with E-state index in [-0.39, 0.29) is 24.0 Å². The summed E-state index contributed by atoms with van der Waals surface area (Å²) in [5.74, 6) is 0.968. The summed E-state index contributed by atoms with van der Waals surface area (Å²) >= 11 is 1.94. The first-order valence-electron chi connectivity index (χ1n) is 9.30. The maximum atomic E-state index is 4.83. The molecular weight excluding hydrogens is 431 g/mol. The second-order valence-corrected chi connectivity index (χ2v) is 7.93. The molecule has 1 aromatic heterocycles. The standard InChI is InChI=1S/C18H30N4S.HI/c1-19-18(21-14-8-3-2-4-9-14)20-13-7-12-17-22-15-10-5-6-11-16(15)23-17;/h14H,2-13H2,1H3,(H2,19,20,21);1H. The van der Waals surface area contributed by atoms with Gasteiger partial charge in [0.2, 0.25) is 0 Å². The zero-order valence-corrected chi connectivity index (χ0v) is 17.9. The van der Waals surface area contributed by atoms with Crippen LogP contribution < -0.4 is 10.6 Å². The van der Waals surface area contributed by atoms with Crippen molar-refractivity contribution in [2.45, 2.75) is 76.7 Å². The van der Waals surface area contributed by atoms with Crippen molar-refractivity contribution in [1.29, 1.82) is 0 Å². The number of thiazole rings is 1. The van der Waals surface area contributed by atoms with Crippen LogP contribution in [0.15, 0.2) is 4.99 Å². The number of hydrogen-bond acceptors (Lipinski definition) is 3. The van der Waals surface area contributed by atoms with Gasteiger partial charge in [-0.15, -0.1) is 35.3 Å². The number of aryl methyl sites for hydroxylation is 3. The number of hydrogen-bond donors (Lipinski definition) is 2. The molecule has 0 spiro atoms. The summed E-state index contributed by atoms with van der Waals surface area (Å²) in [4.78, 5) is 10.7. The van der Waals surface area contributed by atoms with Crippen LogP contribution in [-0.4, -0.2) is 30.6 Å². The van der Waals surface area contributed by atoms with Crippen LogP contribution in [0.5, 0.6) is 0 Å². The highest BCUT2D eigenvalue weighted by Gasteiger charge is 2.15. The third-order valence-corrected chi connectivity index (χ3v) is 6.14. The van der Waals surface area contributed by atoms with E-state index in [0.29, 0.717) is 6.04 Å². The number of nitrogens with one attached hydrogen (secondary N) is 2. The monoisotopic (exact) mass is 462 g/mol. The van der Waals surface area contributed by atoms with Crippen molar-refractivity contribution in [3.8, 4) is 0 Å². The Morgan fingerprint density at radius 2 is 1.96 bits per heavy atom. The van der Waals surface area contributed by atoms with Crippen LogP contribution in [0.25, 0.3) is 0 Å².